The number of alkyl halides is 6. The normalized spacial score (nSPS) is 29.4. The molecule has 8 aliphatic rings. The standard InChI is InChI=1S/C55H70N8O12.2C2HF3O2/c1-6-33-25-34-28-54(51(70)73-5,46-36(31-61(29-33)30-34)35-11-8-9-12-39(35)57-46)38-26-37-40(27-41(38)72-4)60(3)48-53(37)17-21-62-19-10-16-52(7-2,47(53)62)49(68)55(48,71)50(69)59-58-43(65)32-75-24-23-74-22-18-56-42(64)15-20-63-44(66)13-14-45(63)67;2*3-2(4,5)1(6)7/h8-14,16,25-27,34,36,46-49,57,68,71H,6-7,15,17-24,28-32H2,1-5H3,(H,56,64)(H,58,65)(H,59,69);2*(H,6,7)/t34?,36?,46?,47-,48?,49+,52+,53+,54-,55-;;/m0../s1. The van der Waals surface area contributed by atoms with Crippen LogP contribution in [0.5, 0.6) is 5.75 Å². The smallest absolute Gasteiger partial charge is 0.490 e. The zero-order valence-corrected chi connectivity index (χ0v) is 49.4. The predicted octanol–water partition coefficient (Wildman–Crippen LogP) is 2.44. The second-order valence-electron chi connectivity index (χ2n) is 23.0. The minimum Gasteiger partial charge on any atom is -0.496 e. The summed E-state index contributed by atoms with van der Waals surface area (Å²) in [7, 11) is 4.86. The number of aliphatic carboxylic acids is 2. The molecular weight excluding hydrogens is 1190 g/mol. The van der Waals surface area contributed by atoms with Crippen molar-refractivity contribution in [1.82, 2.24) is 30.9 Å². The number of methoxy groups -OCH3 is 2. The molecule has 2 saturated heterocycles. The number of carbonyl (C=O) groups excluding carboxylic acids is 6. The summed E-state index contributed by atoms with van der Waals surface area (Å²) in [6.07, 6.45) is -1.02. The van der Waals surface area contributed by atoms with Crippen molar-refractivity contribution in [2.45, 2.75) is 105 Å². The molecule has 89 heavy (non-hydrogen) atoms. The summed E-state index contributed by atoms with van der Waals surface area (Å²) in [4.78, 5) is 105. The van der Waals surface area contributed by atoms with Crippen molar-refractivity contribution >= 4 is 58.8 Å². The Morgan fingerprint density at radius 1 is 0.854 bits per heavy atom. The number of rotatable bonds is 17. The minimum atomic E-state index is -5.08. The molecule has 24 nitrogen and oxygen atoms in total. The van der Waals surface area contributed by atoms with Crippen LogP contribution in [0.25, 0.3) is 0 Å². The number of halogens is 6. The van der Waals surface area contributed by atoms with E-state index in [9.17, 15) is 60.5 Å². The van der Waals surface area contributed by atoms with Gasteiger partial charge in [-0.3, -0.25) is 54.3 Å². The number of aliphatic hydroxyl groups is 2. The highest BCUT2D eigenvalue weighted by atomic mass is 19.4. The van der Waals surface area contributed by atoms with Gasteiger partial charge in [0.2, 0.25) is 5.91 Å². The maximum atomic E-state index is 15.4. The van der Waals surface area contributed by atoms with E-state index in [2.05, 4.69) is 62.5 Å². The molecule has 3 fully saturated rings. The number of carboxylic acid groups (broad SMARTS) is 2. The first kappa shape index (κ1) is 67.3. The lowest BCUT2D eigenvalue weighted by atomic mass is 9.47. The van der Waals surface area contributed by atoms with Crippen LogP contribution in [0.2, 0.25) is 0 Å². The molecule has 8 N–H and O–H groups in total. The Hall–Kier alpha value is -7.64. The van der Waals surface area contributed by atoms with Crippen LogP contribution in [-0.2, 0) is 63.4 Å². The Labute approximate surface area is 507 Å². The number of esters is 1. The maximum Gasteiger partial charge on any atom is 0.490 e. The SMILES string of the molecule is CCC1=CC2CN(C1)CC1c3ccccc3NC1[C@@](C(=O)OC)(c1cc3c(cc1OC)N(C)C1[C@]34CCN3CC=C[C@@](CC)([C@@H](O)[C@]1(O)C(=O)NNC(=O)COCCOCCNC(=O)CCN1C(=O)C=CC1=O)[C@H]34)C2.O=C(O)C(F)(F)F.O=C(O)C(F)(F)F. The van der Waals surface area contributed by atoms with Gasteiger partial charge in [-0.1, -0.05) is 55.8 Å². The van der Waals surface area contributed by atoms with Crippen molar-refractivity contribution in [1.29, 1.82) is 0 Å². The van der Waals surface area contributed by atoms with E-state index in [4.69, 9.17) is 38.7 Å². The first-order valence-corrected chi connectivity index (χ1v) is 28.8. The predicted molar refractivity (Wildman–Crippen MR) is 302 cm³/mol. The fraction of sp³-hybridized carbons (Fsp3) is 0.559. The molecule has 5 unspecified atom stereocenters. The third-order valence-corrected chi connectivity index (χ3v) is 18.3. The number of fused-ring (bicyclic) bond motifs is 6. The van der Waals surface area contributed by atoms with Crippen molar-refractivity contribution in [3.63, 3.8) is 0 Å². The number of nitrogens with zero attached hydrogens (tertiary/aromatic N) is 4. The minimum absolute atomic E-state index is 0.00227. The second-order valence-corrected chi connectivity index (χ2v) is 23.0. The van der Waals surface area contributed by atoms with Crippen LogP contribution in [0.3, 0.4) is 0 Å². The topological polar surface area (TPSA) is 315 Å². The summed E-state index contributed by atoms with van der Waals surface area (Å²) in [5, 5.41) is 47.1. The Balaban J connectivity index is 0.000000656. The molecule has 0 aromatic heterocycles. The number of ether oxygens (including phenoxy) is 4. The van der Waals surface area contributed by atoms with Gasteiger partial charge in [0.15, 0.2) is 5.60 Å². The molecule has 30 heteroatoms. The first-order chi connectivity index (χ1) is 42.0. The van der Waals surface area contributed by atoms with Gasteiger partial charge in [-0.05, 0) is 61.4 Å². The number of imide groups is 1. The van der Waals surface area contributed by atoms with Gasteiger partial charge in [-0.25, -0.2) is 9.59 Å². The van der Waals surface area contributed by atoms with Crippen molar-refractivity contribution in [3.8, 4) is 5.75 Å². The van der Waals surface area contributed by atoms with E-state index in [1.165, 1.54) is 12.7 Å². The van der Waals surface area contributed by atoms with Gasteiger partial charge in [-0.15, -0.1) is 0 Å². The third kappa shape index (κ3) is 12.5. The molecule has 2 bridgehead atoms. The number of aliphatic hydroxyl groups excluding tert-OH is 1. The van der Waals surface area contributed by atoms with E-state index in [-0.39, 0.29) is 69.1 Å². The monoisotopic (exact) mass is 1260 g/mol. The third-order valence-electron chi connectivity index (χ3n) is 18.3. The summed E-state index contributed by atoms with van der Waals surface area (Å²) in [6.45, 7) is 7.60. The molecule has 10 rings (SSSR count). The highest BCUT2D eigenvalue weighted by molar-refractivity contribution is 6.13. The second kappa shape index (κ2) is 26.4. The number of hydrogen-bond donors (Lipinski definition) is 8. The molecule has 7 heterocycles. The number of carbonyl (C=O) groups is 8. The number of benzene rings is 2. The lowest BCUT2D eigenvalue weighted by Gasteiger charge is -2.63. The van der Waals surface area contributed by atoms with Crippen LogP contribution < -0.4 is 31.1 Å². The van der Waals surface area contributed by atoms with Gasteiger partial charge in [0.1, 0.15) is 23.9 Å². The molecule has 7 aliphatic heterocycles. The summed E-state index contributed by atoms with van der Waals surface area (Å²) in [5.74, 6) is -8.50. The average Bonchev–Trinajstić information content (AvgIpc) is 1.52. The molecule has 2 aromatic carbocycles. The van der Waals surface area contributed by atoms with Gasteiger partial charge < -0.3 is 54.9 Å². The summed E-state index contributed by atoms with van der Waals surface area (Å²) in [5.41, 5.74) is 4.55. The Morgan fingerprint density at radius 2 is 1.52 bits per heavy atom. The fourth-order valence-electron chi connectivity index (χ4n) is 14.8. The molecule has 5 amide bonds. The number of para-hydroxylation sites is 1. The molecule has 1 saturated carbocycles. The molecule has 2 aromatic rings. The van der Waals surface area contributed by atoms with E-state index in [0.717, 1.165) is 59.9 Å². The summed E-state index contributed by atoms with van der Waals surface area (Å²) >= 11 is 0. The van der Waals surface area contributed by atoms with Crippen LogP contribution in [0.1, 0.15) is 68.6 Å². The molecule has 1 spiro atoms. The number of hydrazine groups is 1. The van der Waals surface area contributed by atoms with E-state index in [1.54, 1.807) is 7.11 Å². The average molecular weight is 1260 g/mol. The highest BCUT2D eigenvalue weighted by Crippen LogP contribution is 2.68. The molecular formula is C59H72F6N8O16. The molecule has 0 radical (unpaired) electrons. The molecule has 486 valence electrons. The van der Waals surface area contributed by atoms with Crippen LogP contribution in [0, 0.1) is 11.3 Å². The van der Waals surface area contributed by atoms with Gasteiger partial charge in [0.25, 0.3) is 23.6 Å². The van der Waals surface area contributed by atoms with Crippen LogP contribution in [0.4, 0.5) is 37.7 Å². The van der Waals surface area contributed by atoms with Crippen molar-refractivity contribution in [2.75, 3.05) is 104 Å². The number of likely N-dealkylation sites (N-methyl/N-ethyl adjacent to an activating group) is 1. The lowest BCUT2D eigenvalue weighted by molar-refractivity contribution is -0.204. The zero-order valence-electron chi connectivity index (χ0n) is 49.4. The maximum absolute atomic E-state index is 15.4. The first-order valence-electron chi connectivity index (χ1n) is 28.8. The number of amides is 5. The van der Waals surface area contributed by atoms with Crippen molar-refractivity contribution in [3.05, 3.63) is 89.0 Å². The number of carboxylic acids is 2. The van der Waals surface area contributed by atoms with Gasteiger partial charge in [0.05, 0.1) is 46.1 Å². The molecule has 11 atom stereocenters. The quantitative estimate of drug-likeness (QED) is 0.0282. The van der Waals surface area contributed by atoms with E-state index in [1.807, 2.05) is 49.2 Å². The Kier molecular flexibility index (Phi) is 20.0. The lowest BCUT2D eigenvalue weighted by Crippen LogP contribution is -2.82. The van der Waals surface area contributed by atoms with Crippen LogP contribution >= 0.6 is 0 Å². The Morgan fingerprint density at radius 3 is 2.15 bits per heavy atom. The fourth-order valence-corrected chi connectivity index (χ4v) is 14.8. The summed E-state index contributed by atoms with van der Waals surface area (Å²) < 4.78 is 86.9. The largest absolute Gasteiger partial charge is 0.496 e. The van der Waals surface area contributed by atoms with Gasteiger partial charge in [0, 0.05) is 111 Å². The number of hydrogen-bond acceptors (Lipinski definition) is 18. The summed E-state index contributed by atoms with van der Waals surface area (Å²) in [6, 6.07) is 10.4. The van der Waals surface area contributed by atoms with E-state index >= 15 is 4.79 Å². The van der Waals surface area contributed by atoms with Crippen LogP contribution in [-0.4, -0.2) is 218 Å². The van der Waals surface area contributed by atoms with Crippen molar-refractivity contribution in [2.24, 2.45) is 11.3 Å². The van der Waals surface area contributed by atoms with Crippen molar-refractivity contribution < 1.29 is 104 Å². The number of nitrogens with one attached hydrogen (secondary N) is 4. The van der Waals surface area contributed by atoms with E-state index in [0.29, 0.717) is 49.4 Å². The Bertz CT molecular complexity index is 3140. The molecule has 1 aliphatic carbocycles. The van der Waals surface area contributed by atoms with Gasteiger partial charge in [-0.2, -0.15) is 26.3 Å². The van der Waals surface area contributed by atoms with Crippen LogP contribution in [0.15, 0.2) is 72.4 Å². The zero-order chi connectivity index (χ0) is 65.2. The highest BCUT2D eigenvalue weighted by Gasteiger charge is 2.79. The van der Waals surface area contributed by atoms with Gasteiger partial charge >= 0.3 is 30.3 Å². The van der Waals surface area contributed by atoms with E-state index < -0.39 is 94.6 Å². The number of anilines is 2.